The molecule has 0 saturated heterocycles. The molecule has 0 amide bonds. The summed E-state index contributed by atoms with van der Waals surface area (Å²) >= 11 is 9.41. The minimum Gasteiger partial charge on any atom is -0.497 e. The molecule has 0 aliphatic heterocycles. The molecule has 0 aliphatic carbocycles. The number of pyridine rings is 1. The number of hydrogen-bond acceptors (Lipinski definition) is 3. The van der Waals surface area contributed by atoms with Gasteiger partial charge in [0.1, 0.15) is 11.4 Å². The van der Waals surface area contributed by atoms with Crippen LogP contribution in [0.4, 0.5) is 0 Å². The van der Waals surface area contributed by atoms with Gasteiger partial charge in [-0.25, -0.2) is 4.98 Å². The summed E-state index contributed by atoms with van der Waals surface area (Å²) in [6.07, 6.45) is 0. The largest absolute Gasteiger partial charge is 0.497 e. The third-order valence-corrected chi connectivity index (χ3v) is 5.29. The van der Waals surface area contributed by atoms with E-state index in [4.69, 9.17) is 16.3 Å². The Hall–Kier alpha value is -2.69. The lowest BCUT2D eigenvalue weighted by molar-refractivity contribution is 0.103. The molecule has 0 unspecified atom stereocenters. The van der Waals surface area contributed by atoms with Gasteiger partial charge in [-0.1, -0.05) is 39.7 Å². The number of fused-ring (bicyclic) bond motifs is 1. The molecule has 4 aromatic rings. The lowest BCUT2D eigenvalue weighted by Crippen LogP contribution is -2.05. The number of nitrogens with zero attached hydrogens (tertiary/aromatic N) is 1. The van der Waals surface area contributed by atoms with E-state index in [9.17, 15) is 4.79 Å². The van der Waals surface area contributed by atoms with E-state index in [0.29, 0.717) is 16.3 Å². The van der Waals surface area contributed by atoms with Crippen LogP contribution in [0.15, 0.2) is 77.3 Å². The fourth-order valence-electron chi connectivity index (χ4n) is 3.07. The summed E-state index contributed by atoms with van der Waals surface area (Å²) in [7, 11) is 1.63. The number of carbonyl (C=O) groups is 1. The number of hydrogen-bond donors (Lipinski definition) is 0. The molecule has 0 fully saturated rings. The van der Waals surface area contributed by atoms with Gasteiger partial charge >= 0.3 is 0 Å². The van der Waals surface area contributed by atoms with Gasteiger partial charge in [0.2, 0.25) is 5.78 Å². The van der Waals surface area contributed by atoms with Gasteiger partial charge in [0.15, 0.2) is 0 Å². The molecule has 28 heavy (non-hydrogen) atoms. The Morgan fingerprint density at radius 3 is 2.36 bits per heavy atom. The first-order chi connectivity index (χ1) is 13.5. The minimum atomic E-state index is -0.146. The highest BCUT2D eigenvalue weighted by molar-refractivity contribution is 9.10. The van der Waals surface area contributed by atoms with Crippen molar-refractivity contribution in [2.24, 2.45) is 0 Å². The Kier molecular flexibility index (Phi) is 5.16. The van der Waals surface area contributed by atoms with Crippen LogP contribution in [0, 0.1) is 0 Å². The summed E-state index contributed by atoms with van der Waals surface area (Å²) in [5.41, 5.74) is 3.59. The summed E-state index contributed by atoms with van der Waals surface area (Å²) < 4.78 is 6.37. The minimum absolute atomic E-state index is 0.146. The van der Waals surface area contributed by atoms with E-state index in [0.717, 1.165) is 32.3 Å². The number of ketones is 1. The summed E-state index contributed by atoms with van der Waals surface area (Å²) in [5, 5.41) is 1.51. The van der Waals surface area contributed by atoms with Crippen molar-refractivity contribution in [3.63, 3.8) is 0 Å². The van der Waals surface area contributed by atoms with Crippen LogP contribution < -0.4 is 4.74 Å². The van der Waals surface area contributed by atoms with Crippen LogP contribution in [0.1, 0.15) is 16.1 Å². The predicted molar refractivity (Wildman–Crippen MR) is 116 cm³/mol. The van der Waals surface area contributed by atoms with Gasteiger partial charge in [-0.05, 0) is 71.8 Å². The van der Waals surface area contributed by atoms with Gasteiger partial charge in [0, 0.05) is 20.4 Å². The van der Waals surface area contributed by atoms with Crippen molar-refractivity contribution in [3.05, 3.63) is 93.5 Å². The SMILES string of the molecule is COc1ccc2nc(C(=O)c3ccc(Cl)cc3)cc(-c3ccc(Br)cc3)c2c1. The topological polar surface area (TPSA) is 39.2 Å². The number of rotatable bonds is 4. The van der Waals surface area contributed by atoms with E-state index in [1.54, 1.807) is 31.4 Å². The lowest BCUT2D eigenvalue weighted by atomic mass is 9.98. The first kappa shape index (κ1) is 18.7. The number of carbonyl (C=O) groups excluding carboxylic acids is 1. The van der Waals surface area contributed by atoms with Crippen molar-refractivity contribution >= 4 is 44.2 Å². The molecule has 0 N–H and O–H groups in total. The predicted octanol–water partition coefficient (Wildman–Crippen LogP) is 6.56. The number of aromatic nitrogens is 1. The van der Waals surface area contributed by atoms with Gasteiger partial charge in [-0.2, -0.15) is 0 Å². The smallest absolute Gasteiger partial charge is 0.211 e. The Balaban J connectivity index is 1.92. The van der Waals surface area contributed by atoms with E-state index in [1.807, 2.05) is 48.5 Å². The van der Waals surface area contributed by atoms with Gasteiger partial charge in [0.25, 0.3) is 0 Å². The van der Waals surface area contributed by atoms with Crippen molar-refractivity contribution < 1.29 is 9.53 Å². The Morgan fingerprint density at radius 2 is 1.68 bits per heavy atom. The maximum atomic E-state index is 13.0. The summed E-state index contributed by atoms with van der Waals surface area (Å²) in [6.45, 7) is 0. The maximum Gasteiger partial charge on any atom is 0.211 e. The molecule has 0 atom stereocenters. The second kappa shape index (κ2) is 7.74. The van der Waals surface area contributed by atoms with E-state index in [1.165, 1.54) is 0 Å². The third-order valence-electron chi connectivity index (χ3n) is 4.51. The molecule has 0 bridgehead atoms. The maximum absolute atomic E-state index is 13.0. The molecule has 1 heterocycles. The highest BCUT2D eigenvalue weighted by atomic mass is 79.9. The van der Waals surface area contributed by atoms with Crippen molar-refractivity contribution in [3.8, 4) is 16.9 Å². The zero-order valence-electron chi connectivity index (χ0n) is 14.9. The van der Waals surface area contributed by atoms with Crippen molar-refractivity contribution in [1.29, 1.82) is 0 Å². The number of ether oxygens (including phenoxy) is 1. The van der Waals surface area contributed by atoms with Crippen LogP contribution in [0.5, 0.6) is 5.75 Å². The zero-order valence-corrected chi connectivity index (χ0v) is 17.3. The fraction of sp³-hybridized carbons (Fsp3) is 0.0435. The fourth-order valence-corrected chi connectivity index (χ4v) is 3.46. The average Bonchev–Trinajstić information content (AvgIpc) is 2.73. The van der Waals surface area contributed by atoms with E-state index in [2.05, 4.69) is 20.9 Å². The lowest BCUT2D eigenvalue weighted by Gasteiger charge is -2.11. The average molecular weight is 453 g/mol. The molecule has 0 aliphatic rings. The number of halogens is 2. The highest BCUT2D eigenvalue weighted by Crippen LogP contribution is 2.32. The second-order valence-corrected chi connectivity index (χ2v) is 7.63. The van der Waals surface area contributed by atoms with Crippen LogP contribution >= 0.6 is 27.5 Å². The Bertz CT molecular complexity index is 1170. The Morgan fingerprint density at radius 1 is 0.964 bits per heavy atom. The monoisotopic (exact) mass is 451 g/mol. The molecule has 3 nitrogen and oxygen atoms in total. The standard InChI is InChI=1S/C23H15BrClNO2/c1-28-18-10-11-21-20(12-18)19(14-2-6-16(24)7-3-14)13-22(26-21)23(27)15-4-8-17(25)9-5-15/h2-13H,1H3. The van der Waals surface area contributed by atoms with Gasteiger partial charge in [-0.15, -0.1) is 0 Å². The quantitative estimate of drug-likeness (QED) is 0.329. The molecule has 5 heteroatoms. The van der Waals surface area contributed by atoms with Crippen LogP contribution in [0.3, 0.4) is 0 Å². The number of methoxy groups -OCH3 is 1. The molecule has 4 rings (SSSR count). The molecule has 0 radical (unpaired) electrons. The van der Waals surface area contributed by atoms with Gasteiger partial charge in [-0.3, -0.25) is 4.79 Å². The first-order valence-corrected chi connectivity index (χ1v) is 9.77. The van der Waals surface area contributed by atoms with E-state index < -0.39 is 0 Å². The molecule has 0 saturated carbocycles. The molecular formula is C23H15BrClNO2. The van der Waals surface area contributed by atoms with Crippen LogP contribution in [-0.2, 0) is 0 Å². The third kappa shape index (κ3) is 3.66. The van der Waals surface area contributed by atoms with Crippen molar-refractivity contribution in [2.75, 3.05) is 7.11 Å². The number of benzene rings is 3. The van der Waals surface area contributed by atoms with E-state index >= 15 is 0 Å². The Labute approximate surface area is 176 Å². The van der Waals surface area contributed by atoms with Gasteiger partial charge < -0.3 is 4.74 Å². The van der Waals surface area contributed by atoms with Crippen LogP contribution in [-0.4, -0.2) is 17.9 Å². The van der Waals surface area contributed by atoms with Crippen LogP contribution in [0.2, 0.25) is 5.02 Å². The van der Waals surface area contributed by atoms with Crippen molar-refractivity contribution in [2.45, 2.75) is 0 Å². The van der Waals surface area contributed by atoms with Crippen molar-refractivity contribution in [1.82, 2.24) is 4.98 Å². The first-order valence-electron chi connectivity index (χ1n) is 8.60. The summed E-state index contributed by atoms with van der Waals surface area (Å²) in [5.74, 6) is 0.595. The molecule has 1 aromatic heterocycles. The zero-order chi connectivity index (χ0) is 19.7. The van der Waals surface area contributed by atoms with E-state index in [-0.39, 0.29) is 5.78 Å². The van der Waals surface area contributed by atoms with Crippen LogP contribution in [0.25, 0.3) is 22.0 Å². The second-order valence-electron chi connectivity index (χ2n) is 6.28. The molecule has 3 aromatic carbocycles. The van der Waals surface area contributed by atoms with Gasteiger partial charge in [0.05, 0.1) is 12.6 Å². The normalized spacial score (nSPS) is 10.8. The summed E-state index contributed by atoms with van der Waals surface area (Å²) in [4.78, 5) is 17.6. The summed E-state index contributed by atoms with van der Waals surface area (Å²) in [6, 6.07) is 22.3. The molecule has 138 valence electrons. The highest BCUT2D eigenvalue weighted by Gasteiger charge is 2.16. The molecular weight excluding hydrogens is 438 g/mol. The molecule has 0 spiro atoms.